The van der Waals surface area contributed by atoms with Crippen LogP contribution in [0.1, 0.15) is 15.9 Å². The van der Waals surface area contributed by atoms with Crippen molar-refractivity contribution >= 4 is 18.0 Å². The van der Waals surface area contributed by atoms with E-state index in [4.69, 9.17) is 10.8 Å². The Balaban J connectivity index is 2.68. The van der Waals surface area contributed by atoms with Gasteiger partial charge in [-0.1, -0.05) is 12.1 Å². The van der Waals surface area contributed by atoms with E-state index in [0.717, 1.165) is 0 Å². The van der Waals surface area contributed by atoms with Crippen LogP contribution in [-0.2, 0) is 9.53 Å². The van der Waals surface area contributed by atoms with E-state index in [0.29, 0.717) is 11.1 Å². The molecule has 0 fully saturated rings. The van der Waals surface area contributed by atoms with Crippen LogP contribution in [0.5, 0.6) is 0 Å². The molecule has 0 spiro atoms. The normalized spacial score (nSPS) is 10.4. The number of aliphatic hydroxyl groups excluding tert-OH is 1. The Morgan fingerprint density at radius 2 is 2.18 bits per heavy atom. The maximum absolute atomic E-state index is 11.1. The molecule has 0 radical (unpaired) electrons. The van der Waals surface area contributed by atoms with Gasteiger partial charge in [0.05, 0.1) is 6.61 Å². The van der Waals surface area contributed by atoms with Gasteiger partial charge in [-0.2, -0.15) is 0 Å². The standard InChI is InChI=1S/C12H13NO4/c13-12(16)10-3-1-2-9(8-10)4-5-11(15)17-7-6-14/h1-5,8,14H,6-7H2,(H2,13,16)/b5-4+. The summed E-state index contributed by atoms with van der Waals surface area (Å²) in [5, 5.41) is 8.45. The van der Waals surface area contributed by atoms with Gasteiger partial charge in [0.25, 0.3) is 0 Å². The summed E-state index contributed by atoms with van der Waals surface area (Å²) in [7, 11) is 0. The Kier molecular flexibility index (Phi) is 4.90. The molecule has 0 unspecified atom stereocenters. The molecule has 0 aliphatic carbocycles. The Hall–Kier alpha value is -2.14. The maximum Gasteiger partial charge on any atom is 0.330 e. The lowest BCUT2D eigenvalue weighted by Gasteiger charge is -1.98. The molecule has 0 heterocycles. The third-order valence-corrected chi connectivity index (χ3v) is 1.92. The van der Waals surface area contributed by atoms with Crippen molar-refractivity contribution in [2.75, 3.05) is 13.2 Å². The minimum absolute atomic E-state index is 0.0372. The van der Waals surface area contributed by atoms with Crippen LogP contribution in [0.25, 0.3) is 6.08 Å². The molecule has 0 aliphatic heterocycles. The van der Waals surface area contributed by atoms with Gasteiger partial charge in [-0.3, -0.25) is 4.79 Å². The zero-order valence-electron chi connectivity index (χ0n) is 9.13. The largest absolute Gasteiger partial charge is 0.460 e. The molecule has 0 atom stereocenters. The highest BCUT2D eigenvalue weighted by atomic mass is 16.5. The number of rotatable bonds is 5. The molecule has 0 aromatic heterocycles. The van der Waals surface area contributed by atoms with Gasteiger partial charge in [0.1, 0.15) is 6.61 Å². The van der Waals surface area contributed by atoms with Crippen molar-refractivity contribution in [3.05, 3.63) is 41.5 Å². The number of aliphatic hydroxyl groups is 1. The number of ether oxygens (including phenoxy) is 1. The number of nitrogens with two attached hydrogens (primary N) is 1. The predicted octanol–water partition coefficient (Wildman–Crippen LogP) is 0.334. The summed E-state index contributed by atoms with van der Waals surface area (Å²) in [6.07, 6.45) is 2.72. The summed E-state index contributed by atoms with van der Waals surface area (Å²) in [5.74, 6) is -1.08. The average Bonchev–Trinajstić information content (AvgIpc) is 2.34. The van der Waals surface area contributed by atoms with Crippen molar-refractivity contribution in [2.45, 2.75) is 0 Å². The maximum atomic E-state index is 11.1. The van der Waals surface area contributed by atoms with Gasteiger partial charge in [-0.15, -0.1) is 0 Å². The van der Waals surface area contributed by atoms with Crippen molar-refractivity contribution in [1.82, 2.24) is 0 Å². The van der Waals surface area contributed by atoms with Crippen molar-refractivity contribution in [3.63, 3.8) is 0 Å². The minimum Gasteiger partial charge on any atom is -0.460 e. The first-order chi connectivity index (χ1) is 8.13. The Morgan fingerprint density at radius 3 is 2.82 bits per heavy atom. The van der Waals surface area contributed by atoms with Crippen LogP contribution in [0.3, 0.4) is 0 Å². The molecule has 1 aromatic carbocycles. The fourth-order valence-corrected chi connectivity index (χ4v) is 1.15. The highest BCUT2D eigenvalue weighted by Gasteiger charge is 2.00. The van der Waals surface area contributed by atoms with E-state index in [2.05, 4.69) is 4.74 Å². The topological polar surface area (TPSA) is 89.6 Å². The summed E-state index contributed by atoms with van der Waals surface area (Å²) in [6, 6.07) is 6.54. The van der Waals surface area contributed by atoms with Gasteiger partial charge in [-0.05, 0) is 23.8 Å². The van der Waals surface area contributed by atoms with Crippen LogP contribution < -0.4 is 5.73 Å². The molecule has 0 saturated heterocycles. The van der Waals surface area contributed by atoms with Crippen molar-refractivity contribution in [3.8, 4) is 0 Å². The van der Waals surface area contributed by atoms with Crippen LogP contribution in [0.4, 0.5) is 0 Å². The molecular weight excluding hydrogens is 222 g/mol. The first-order valence-electron chi connectivity index (χ1n) is 4.99. The lowest BCUT2D eigenvalue weighted by molar-refractivity contribution is -0.138. The average molecular weight is 235 g/mol. The van der Waals surface area contributed by atoms with E-state index in [1.54, 1.807) is 24.3 Å². The fourth-order valence-electron chi connectivity index (χ4n) is 1.15. The van der Waals surface area contributed by atoms with Crippen molar-refractivity contribution < 1.29 is 19.4 Å². The highest BCUT2D eigenvalue weighted by molar-refractivity contribution is 5.94. The SMILES string of the molecule is NC(=O)c1cccc(/C=C/C(=O)OCCO)c1. The number of benzene rings is 1. The summed E-state index contributed by atoms with van der Waals surface area (Å²) in [5.41, 5.74) is 6.16. The minimum atomic E-state index is -0.552. The van der Waals surface area contributed by atoms with Crippen molar-refractivity contribution in [1.29, 1.82) is 0 Å². The van der Waals surface area contributed by atoms with Crippen LogP contribution in [0, 0.1) is 0 Å². The second-order valence-corrected chi connectivity index (χ2v) is 3.21. The zero-order chi connectivity index (χ0) is 12.7. The number of amides is 1. The fraction of sp³-hybridized carbons (Fsp3) is 0.167. The monoisotopic (exact) mass is 235 g/mol. The van der Waals surface area contributed by atoms with Gasteiger partial charge in [0, 0.05) is 11.6 Å². The van der Waals surface area contributed by atoms with Crippen LogP contribution in [-0.4, -0.2) is 30.2 Å². The quantitative estimate of drug-likeness (QED) is 0.568. The van der Waals surface area contributed by atoms with Crippen LogP contribution in [0.15, 0.2) is 30.3 Å². The lowest BCUT2D eigenvalue weighted by atomic mass is 10.1. The summed E-state index contributed by atoms with van der Waals surface area (Å²) in [6.45, 7) is -0.249. The van der Waals surface area contributed by atoms with Gasteiger partial charge < -0.3 is 15.6 Å². The number of esters is 1. The number of hydrogen-bond donors (Lipinski definition) is 2. The molecule has 5 heteroatoms. The van der Waals surface area contributed by atoms with E-state index in [1.807, 2.05) is 0 Å². The van der Waals surface area contributed by atoms with Gasteiger partial charge in [0.15, 0.2) is 0 Å². The molecule has 0 saturated carbocycles. The summed E-state index contributed by atoms with van der Waals surface area (Å²) >= 11 is 0. The lowest BCUT2D eigenvalue weighted by Crippen LogP contribution is -2.10. The van der Waals surface area contributed by atoms with Crippen LogP contribution >= 0.6 is 0 Å². The van der Waals surface area contributed by atoms with E-state index < -0.39 is 11.9 Å². The third-order valence-electron chi connectivity index (χ3n) is 1.92. The number of carbonyl (C=O) groups is 2. The molecule has 17 heavy (non-hydrogen) atoms. The van der Waals surface area contributed by atoms with E-state index in [9.17, 15) is 9.59 Å². The number of carbonyl (C=O) groups excluding carboxylic acids is 2. The van der Waals surface area contributed by atoms with E-state index >= 15 is 0 Å². The molecule has 3 N–H and O–H groups in total. The van der Waals surface area contributed by atoms with E-state index in [1.165, 1.54) is 12.2 Å². The van der Waals surface area contributed by atoms with E-state index in [-0.39, 0.29) is 13.2 Å². The highest BCUT2D eigenvalue weighted by Crippen LogP contribution is 2.06. The second-order valence-electron chi connectivity index (χ2n) is 3.21. The number of hydrogen-bond acceptors (Lipinski definition) is 4. The van der Waals surface area contributed by atoms with Crippen molar-refractivity contribution in [2.24, 2.45) is 5.73 Å². The molecule has 1 aromatic rings. The molecule has 0 aliphatic rings. The molecule has 1 rings (SSSR count). The summed E-state index contributed by atoms with van der Waals surface area (Å²) < 4.78 is 4.62. The second kappa shape index (κ2) is 6.44. The molecular formula is C12H13NO4. The number of primary amides is 1. The third kappa shape index (κ3) is 4.48. The predicted molar refractivity (Wildman–Crippen MR) is 62.0 cm³/mol. The van der Waals surface area contributed by atoms with Gasteiger partial charge in [0.2, 0.25) is 5.91 Å². The first kappa shape index (κ1) is 12.9. The van der Waals surface area contributed by atoms with Crippen LogP contribution in [0.2, 0.25) is 0 Å². The zero-order valence-corrected chi connectivity index (χ0v) is 9.13. The summed E-state index contributed by atoms with van der Waals surface area (Å²) in [4.78, 5) is 22.0. The Labute approximate surface area is 98.5 Å². The molecule has 90 valence electrons. The van der Waals surface area contributed by atoms with Gasteiger partial charge in [-0.25, -0.2) is 4.79 Å². The smallest absolute Gasteiger partial charge is 0.330 e. The van der Waals surface area contributed by atoms with Gasteiger partial charge >= 0.3 is 5.97 Å². The molecule has 1 amide bonds. The first-order valence-corrected chi connectivity index (χ1v) is 4.99. The molecule has 5 nitrogen and oxygen atoms in total. The molecule has 0 bridgehead atoms. The Morgan fingerprint density at radius 1 is 1.41 bits per heavy atom. The Bertz CT molecular complexity index is 440.